The summed E-state index contributed by atoms with van der Waals surface area (Å²) in [4.78, 5) is 11.7. The van der Waals surface area contributed by atoms with E-state index in [0.29, 0.717) is 12.4 Å². The summed E-state index contributed by atoms with van der Waals surface area (Å²) in [5, 5.41) is 19.4. The summed E-state index contributed by atoms with van der Waals surface area (Å²) in [6.07, 6.45) is 0.774. The standard InChI is InChI=1S/C29H26O5/c1-2-15-33-29(32)19-34-28-13-7-22(8-14-28)25-17-23(20-3-9-26(30)10-4-20)16-24(18-25)21-5-11-27(31)12-6-21/h3-14,16-18,30-31H,2,15,19H2,1H3. The largest absolute Gasteiger partial charge is 0.508 e. The van der Waals surface area contributed by atoms with E-state index in [9.17, 15) is 15.0 Å². The third-order valence-corrected chi connectivity index (χ3v) is 5.35. The van der Waals surface area contributed by atoms with Gasteiger partial charge in [0, 0.05) is 0 Å². The second-order valence-corrected chi connectivity index (χ2v) is 7.93. The van der Waals surface area contributed by atoms with Gasteiger partial charge in [0.2, 0.25) is 0 Å². The zero-order valence-corrected chi connectivity index (χ0v) is 18.9. The number of aromatic hydroxyl groups is 2. The van der Waals surface area contributed by atoms with Crippen molar-refractivity contribution in [1.82, 2.24) is 0 Å². The molecule has 0 fully saturated rings. The normalized spacial score (nSPS) is 10.6. The molecule has 0 bridgehead atoms. The summed E-state index contributed by atoms with van der Waals surface area (Å²) in [6, 6.07) is 28.0. The number of benzene rings is 4. The molecule has 0 aliphatic heterocycles. The van der Waals surface area contributed by atoms with Crippen LogP contribution in [0.25, 0.3) is 33.4 Å². The fraction of sp³-hybridized carbons (Fsp3) is 0.138. The molecular weight excluding hydrogens is 428 g/mol. The lowest BCUT2D eigenvalue weighted by Gasteiger charge is -2.12. The summed E-state index contributed by atoms with van der Waals surface area (Å²) in [6.45, 7) is 2.21. The van der Waals surface area contributed by atoms with Gasteiger partial charge >= 0.3 is 5.97 Å². The van der Waals surface area contributed by atoms with Crippen molar-refractivity contribution in [2.24, 2.45) is 0 Å². The number of phenolic OH excluding ortho intramolecular Hbond substituents is 2. The molecule has 0 amide bonds. The lowest BCUT2D eigenvalue weighted by molar-refractivity contribution is -0.146. The Labute approximate surface area is 198 Å². The molecule has 0 saturated heterocycles. The number of rotatable bonds is 8. The zero-order chi connectivity index (χ0) is 23.9. The fourth-order valence-electron chi connectivity index (χ4n) is 3.58. The van der Waals surface area contributed by atoms with E-state index in [4.69, 9.17) is 9.47 Å². The lowest BCUT2D eigenvalue weighted by Crippen LogP contribution is -2.15. The van der Waals surface area contributed by atoms with Crippen LogP contribution in [0.15, 0.2) is 91.0 Å². The summed E-state index contributed by atoms with van der Waals surface area (Å²) >= 11 is 0. The van der Waals surface area contributed by atoms with E-state index in [1.807, 2.05) is 55.5 Å². The van der Waals surface area contributed by atoms with Gasteiger partial charge in [-0.15, -0.1) is 0 Å². The van der Waals surface area contributed by atoms with Crippen LogP contribution in [0.5, 0.6) is 17.2 Å². The number of phenols is 2. The molecule has 0 aliphatic rings. The first-order chi connectivity index (χ1) is 16.5. The van der Waals surface area contributed by atoms with E-state index in [-0.39, 0.29) is 24.1 Å². The van der Waals surface area contributed by atoms with Crippen molar-refractivity contribution < 1.29 is 24.5 Å². The molecule has 5 nitrogen and oxygen atoms in total. The van der Waals surface area contributed by atoms with Gasteiger partial charge in [-0.25, -0.2) is 4.79 Å². The van der Waals surface area contributed by atoms with Crippen LogP contribution in [-0.4, -0.2) is 29.4 Å². The minimum absolute atomic E-state index is 0.124. The summed E-state index contributed by atoms with van der Waals surface area (Å²) in [5.74, 6) is 0.636. The van der Waals surface area contributed by atoms with Crippen LogP contribution in [0.1, 0.15) is 13.3 Å². The van der Waals surface area contributed by atoms with Gasteiger partial charge in [-0.3, -0.25) is 0 Å². The highest BCUT2D eigenvalue weighted by Gasteiger charge is 2.09. The maximum Gasteiger partial charge on any atom is 0.344 e. The highest BCUT2D eigenvalue weighted by atomic mass is 16.6. The molecular formula is C29H26O5. The van der Waals surface area contributed by atoms with Gasteiger partial charge in [-0.05, 0) is 94.4 Å². The van der Waals surface area contributed by atoms with E-state index in [0.717, 1.165) is 39.8 Å². The predicted molar refractivity (Wildman–Crippen MR) is 133 cm³/mol. The van der Waals surface area contributed by atoms with Crippen molar-refractivity contribution in [2.45, 2.75) is 13.3 Å². The molecule has 0 spiro atoms. The van der Waals surface area contributed by atoms with Crippen LogP contribution in [-0.2, 0) is 9.53 Å². The third-order valence-electron chi connectivity index (χ3n) is 5.35. The quantitative estimate of drug-likeness (QED) is 0.300. The van der Waals surface area contributed by atoms with Gasteiger partial charge in [-0.2, -0.15) is 0 Å². The Kier molecular flexibility index (Phi) is 7.13. The minimum Gasteiger partial charge on any atom is -0.508 e. The summed E-state index contributed by atoms with van der Waals surface area (Å²) < 4.78 is 10.6. The Morgan fingerprint density at radius 3 is 1.47 bits per heavy atom. The first-order valence-corrected chi connectivity index (χ1v) is 11.1. The molecule has 4 aromatic rings. The minimum atomic E-state index is -0.383. The molecule has 0 aromatic heterocycles. The van der Waals surface area contributed by atoms with Crippen LogP contribution in [0, 0.1) is 0 Å². The average Bonchev–Trinajstić information content (AvgIpc) is 2.87. The van der Waals surface area contributed by atoms with Crippen molar-refractivity contribution in [2.75, 3.05) is 13.2 Å². The maximum absolute atomic E-state index is 11.7. The van der Waals surface area contributed by atoms with Crippen molar-refractivity contribution >= 4 is 5.97 Å². The second-order valence-electron chi connectivity index (χ2n) is 7.93. The molecule has 0 atom stereocenters. The summed E-state index contributed by atoms with van der Waals surface area (Å²) in [7, 11) is 0. The Hall–Kier alpha value is -4.25. The number of ether oxygens (including phenoxy) is 2. The number of hydrogen-bond acceptors (Lipinski definition) is 5. The van der Waals surface area contributed by atoms with E-state index in [2.05, 4.69) is 18.2 Å². The fourth-order valence-corrected chi connectivity index (χ4v) is 3.58. The molecule has 2 N–H and O–H groups in total. The Morgan fingerprint density at radius 2 is 1.06 bits per heavy atom. The SMILES string of the molecule is CCCOC(=O)COc1ccc(-c2cc(-c3ccc(O)cc3)cc(-c3ccc(O)cc3)c2)cc1. The van der Waals surface area contributed by atoms with Gasteiger partial charge in [-0.1, -0.05) is 43.3 Å². The van der Waals surface area contributed by atoms with Gasteiger partial charge < -0.3 is 19.7 Å². The second kappa shape index (κ2) is 10.6. The van der Waals surface area contributed by atoms with Crippen LogP contribution >= 0.6 is 0 Å². The van der Waals surface area contributed by atoms with Crippen molar-refractivity contribution in [3.63, 3.8) is 0 Å². The van der Waals surface area contributed by atoms with Crippen LogP contribution < -0.4 is 4.74 Å². The zero-order valence-electron chi connectivity index (χ0n) is 18.9. The number of esters is 1. The number of carbonyl (C=O) groups is 1. The topological polar surface area (TPSA) is 76.0 Å². The molecule has 0 radical (unpaired) electrons. The smallest absolute Gasteiger partial charge is 0.344 e. The maximum atomic E-state index is 11.7. The van der Waals surface area contributed by atoms with Gasteiger partial charge in [0.1, 0.15) is 17.2 Å². The Balaban J connectivity index is 1.64. The first kappa shape index (κ1) is 22.9. The summed E-state index contributed by atoms with van der Waals surface area (Å²) in [5.41, 5.74) is 5.94. The van der Waals surface area contributed by atoms with Gasteiger partial charge in [0.15, 0.2) is 6.61 Å². The molecule has 4 aromatic carbocycles. The van der Waals surface area contributed by atoms with Crippen molar-refractivity contribution in [1.29, 1.82) is 0 Å². The van der Waals surface area contributed by atoms with Crippen molar-refractivity contribution in [3.05, 3.63) is 91.0 Å². The molecule has 172 valence electrons. The lowest BCUT2D eigenvalue weighted by atomic mass is 9.93. The average molecular weight is 455 g/mol. The van der Waals surface area contributed by atoms with Crippen molar-refractivity contribution in [3.8, 4) is 50.6 Å². The van der Waals surface area contributed by atoms with Crippen LogP contribution in [0.3, 0.4) is 0 Å². The molecule has 0 aliphatic carbocycles. The molecule has 0 heterocycles. The van der Waals surface area contributed by atoms with E-state index in [1.54, 1.807) is 24.3 Å². The molecule has 4 rings (SSSR count). The van der Waals surface area contributed by atoms with E-state index in [1.165, 1.54) is 0 Å². The molecule has 0 unspecified atom stereocenters. The first-order valence-electron chi connectivity index (χ1n) is 11.1. The van der Waals surface area contributed by atoms with E-state index >= 15 is 0 Å². The van der Waals surface area contributed by atoms with Crippen LogP contribution in [0.4, 0.5) is 0 Å². The molecule has 0 saturated carbocycles. The van der Waals surface area contributed by atoms with Gasteiger partial charge in [0.05, 0.1) is 6.61 Å². The predicted octanol–water partition coefficient (Wildman–Crippen LogP) is 6.43. The Bertz CT molecular complexity index is 1180. The van der Waals surface area contributed by atoms with Gasteiger partial charge in [0.25, 0.3) is 0 Å². The molecule has 5 heteroatoms. The number of hydrogen-bond donors (Lipinski definition) is 2. The monoisotopic (exact) mass is 454 g/mol. The van der Waals surface area contributed by atoms with Crippen LogP contribution in [0.2, 0.25) is 0 Å². The van der Waals surface area contributed by atoms with E-state index < -0.39 is 0 Å². The number of carbonyl (C=O) groups excluding carboxylic acids is 1. The third kappa shape index (κ3) is 5.75. The molecule has 34 heavy (non-hydrogen) atoms. The highest BCUT2D eigenvalue weighted by Crippen LogP contribution is 2.34. The Morgan fingerprint density at radius 1 is 0.647 bits per heavy atom. The highest BCUT2D eigenvalue weighted by molar-refractivity contribution is 5.81.